The van der Waals surface area contributed by atoms with E-state index in [0.717, 1.165) is 17.9 Å². The molecule has 0 atom stereocenters. The fraction of sp³-hybridized carbons (Fsp3) is 0.500. The second-order valence-electron chi connectivity index (χ2n) is 3.84. The summed E-state index contributed by atoms with van der Waals surface area (Å²) in [6.45, 7) is 6.69. The Labute approximate surface area is 85.7 Å². The molecule has 1 N–H and O–H groups in total. The molecule has 2 heteroatoms. The molecule has 76 valence electrons. The lowest BCUT2D eigenvalue weighted by Crippen LogP contribution is -2.36. The molecule has 1 aromatic heterocycles. The van der Waals surface area contributed by atoms with E-state index in [1.165, 1.54) is 0 Å². The summed E-state index contributed by atoms with van der Waals surface area (Å²) < 4.78 is 5.54. The van der Waals surface area contributed by atoms with Gasteiger partial charge in [0.2, 0.25) is 0 Å². The summed E-state index contributed by atoms with van der Waals surface area (Å²) >= 11 is 0. The van der Waals surface area contributed by atoms with Gasteiger partial charge < -0.3 is 4.42 Å². The molecule has 2 nitrogen and oxygen atoms in total. The molecule has 0 aliphatic rings. The maximum atomic E-state index is 5.54. The maximum Gasteiger partial charge on any atom is 0.117 e. The average molecular weight is 191 g/mol. The standard InChI is InChI=1S/C12H17NO/c1-5-10-7-8-11(14-10)9-13-12(3,4)6-2/h2,7-8,13H,5,9H2,1,3-4H3. The molecule has 14 heavy (non-hydrogen) atoms. The van der Waals surface area contributed by atoms with Gasteiger partial charge in [-0.2, -0.15) is 0 Å². The van der Waals surface area contributed by atoms with Crippen LogP contribution in [0.2, 0.25) is 0 Å². The molecule has 0 fully saturated rings. The SMILES string of the molecule is C#CC(C)(C)NCc1ccc(CC)o1. The van der Waals surface area contributed by atoms with E-state index >= 15 is 0 Å². The predicted molar refractivity (Wildman–Crippen MR) is 57.8 cm³/mol. The topological polar surface area (TPSA) is 25.2 Å². The first-order chi connectivity index (χ1) is 6.57. The molecule has 1 heterocycles. The van der Waals surface area contributed by atoms with Crippen LogP contribution in [0.5, 0.6) is 0 Å². The normalized spacial score (nSPS) is 11.3. The van der Waals surface area contributed by atoms with Crippen LogP contribution in [-0.4, -0.2) is 5.54 Å². The molecule has 0 unspecified atom stereocenters. The first kappa shape index (κ1) is 10.9. The summed E-state index contributed by atoms with van der Waals surface area (Å²) in [6, 6.07) is 3.98. The first-order valence-electron chi connectivity index (χ1n) is 4.88. The minimum Gasteiger partial charge on any atom is -0.465 e. The monoisotopic (exact) mass is 191 g/mol. The van der Waals surface area contributed by atoms with Crippen LogP contribution in [0.15, 0.2) is 16.5 Å². The number of hydrogen-bond donors (Lipinski definition) is 1. The van der Waals surface area contributed by atoms with Gasteiger partial charge in [0.05, 0.1) is 12.1 Å². The quantitative estimate of drug-likeness (QED) is 0.739. The fourth-order valence-corrected chi connectivity index (χ4v) is 1.07. The second kappa shape index (κ2) is 4.34. The highest BCUT2D eigenvalue weighted by Gasteiger charge is 2.13. The van der Waals surface area contributed by atoms with Gasteiger partial charge in [0.15, 0.2) is 0 Å². The van der Waals surface area contributed by atoms with Crippen LogP contribution >= 0.6 is 0 Å². The van der Waals surface area contributed by atoms with Crippen molar-refractivity contribution < 1.29 is 4.42 Å². The first-order valence-corrected chi connectivity index (χ1v) is 4.88. The van der Waals surface area contributed by atoms with Crippen molar-refractivity contribution in [3.8, 4) is 12.3 Å². The van der Waals surface area contributed by atoms with Crippen molar-refractivity contribution in [1.82, 2.24) is 5.32 Å². The molecule has 0 aliphatic heterocycles. The fourth-order valence-electron chi connectivity index (χ4n) is 1.07. The van der Waals surface area contributed by atoms with Crippen molar-refractivity contribution in [1.29, 1.82) is 0 Å². The zero-order chi connectivity index (χ0) is 10.6. The third-order valence-corrected chi connectivity index (χ3v) is 2.13. The molecule has 0 radical (unpaired) electrons. The number of furan rings is 1. The number of nitrogens with one attached hydrogen (secondary N) is 1. The smallest absolute Gasteiger partial charge is 0.117 e. The van der Waals surface area contributed by atoms with Crippen molar-refractivity contribution in [2.24, 2.45) is 0 Å². The van der Waals surface area contributed by atoms with Gasteiger partial charge in [-0.3, -0.25) is 5.32 Å². The summed E-state index contributed by atoms with van der Waals surface area (Å²) in [6.07, 6.45) is 6.29. The van der Waals surface area contributed by atoms with E-state index in [1.807, 2.05) is 26.0 Å². The molecule has 0 saturated carbocycles. The number of terminal acetylenes is 1. The minimum atomic E-state index is -0.279. The predicted octanol–water partition coefficient (Wildman–Crippen LogP) is 2.34. The largest absolute Gasteiger partial charge is 0.465 e. The lowest BCUT2D eigenvalue weighted by atomic mass is 10.1. The summed E-state index contributed by atoms with van der Waals surface area (Å²) in [4.78, 5) is 0. The maximum absolute atomic E-state index is 5.54. The molecule has 1 rings (SSSR count). The van der Waals surface area contributed by atoms with E-state index in [-0.39, 0.29) is 5.54 Å². The Balaban J connectivity index is 2.50. The Hall–Kier alpha value is -1.20. The zero-order valence-electron chi connectivity index (χ0n) is 9.05. The van der Waals surface area contributed by atoms with Crippen LogP contribution in [-0.2, 0) is 13.0 Å². The summed E-state index contributed by atoms with van der Waals surface area (Å²) in [5, 5.41) is 3.23. The minimum absolute atomic E-state index is 0.279. The molecule has 0 spiro atoms. The van der Waals surface area contributed by atoms with Gasteiger partial charge in [0.25, 0.3) is 0 Å². The number of hydrogen-bond acceptors (Lipinski definition) is 2. The van der Waals surface area contributed by atoms with Crippen LogP contribution in [0.4, 0.5) is 0 Å². The van der Waals surface area contributed by atoms with Crippen LogP contribution in [0.1, 0.15) is 32.3 Å². The molecule has 0 bridgehead atoms. The van der Waals surface area contributed by atoms with Gasteiger partial charge in [0, 0.05) is 6.42 Å². The second-order valence-corrected chi connectivity index (χ2v) is 3.84. The van der Waals surface area contributed by atoms with Crippen molar-refractivity contribution in [2.75, 3.05) is 0 Å². The average Bonchev–Trinajstić information content (AvgIpc) is 2.63. The van der Waals surface area contributed by atoms with Gasteiger partial charge in [-0.15, -0.1) is 6.42 Å². The highest BCUT2D eigenvalue weighted by atomic mass is 16.3. The molecule has 0 aliphatic carbocycles. The van der Waals surface area contributed by atoms with Crippen molar-refractivity contribution >= 4 is 0 Å². The molecular weight excluding hydrogens is 174 g/mol. The highest BCUT2D eigenvalue weighted by molar-refractivity contribution is 5.11. The van der Waals surface area contributed by atoms with E-state index in [0.29, 0.717) is 6.54 Å². The molecule has 0 amide bonds. The molecule has 1 aromatic rings. The van der Waals surface area contributed by atoms with E-state index in [2.05, 4.69) is 18.2 Å². The van der Waals surface area contributed by atoms with E-state index < -0.39 is 0 Å². The van der Waals surface area contributed by atoms with Crippen LogP contribution in [0, 0.1) is 12.3 Å². The Bertz CT molecular complexity index is 330. The van der Waals surface area contributed by atoms with Gasteiger partial charge >= 0.3 is 0 Å². The highest BCUT2D eigenvalue weighted by Crippen LogP contribution is 2.09. The Morgan fingerprint density at radius 1 is 1.43 bits per heavy atom. The van der Waals surface area contributed by atoms with Gasteiger partial charge in [-0.1, -0.05) is 12.8 Å². The Morgan fingerprint density at radius 3 is 2.57 bits per heavy atom. The third kappa shape index (κ3) is 2.93. The summed E-state index contributed by atoms with van der Waals surface area (Å²) in [7, 11) is 0. The van der Waals surface area contributed by atoms with E-state index in [9.17, 15) is 0 Å². The lowest BCUT2D eigenvalue weighted by molar-refractivity contribution is 0.412. The molecular formula is C12H17NO. The van der Waals surface area contributed by atoms with E-state index in [4.69, 9.17) is 10.8 Å². The molecule has 0 aromatic carbocycles. The Morgan fingerprint density at radius 2 is 2.07 bits per heavy atom. The van der Waals surface area contributed by atoms with Gasteiger partial charge in [-0.25, -0.2) is 0 Å². The van der Waals surface area contributed by atoms with Gasteiger partial charge in [-0.05, 0) is 26.0 Å². The third-order valence-electron chi connectivity index (χ3n) is 2.13. The van der Waals surface area contributed by atoms with Crippen molar-refractivity contribution in [3.05, 3.63) is 23.7 Å². The number of rotatable bonds is 4. The van der Waals surface area contributed by atoms with Crippen molar-refractivity contribution in [3.63, 3.8) is 0 Å². The number of aryl methyl sites for hydroxylation is 1. The summed E-state index contributed by atoms with van der Waals surface area (Å²) in [5.74, 6) is 4.63. The molecule has 0 saturated heterocycles. The van der Waals surface area contributed by atoms with Crippen LogP contribution in [0.3, 0.4) is 0 Å². The Kier molecular flexibility index (Phi) is 3.38. The lowest BCUT2D eigenvalue weighted by Gasteiger charge is -2.18. The zero-order valence-corrected chi connectivity index (χ0v) is 9.05. The van der Waals surface area contributed by atoms with Gasteiger partial charge in [0.1, 0.15) is 11.5 Å². The van der Waals surface area contributed by atoms with Crippen LogP contribution < -0.4 is 5.32 Å². The van der Waals surface area contributed by atoms with Crippen LogP contribution in [0.25, 0.3) is 0 Å². The van der Waals surface area contributed by atoms with Crippen molar-refractivity contribution in [2.45, 2.75) is 39.3 Å². The summed E-state index contributed by atoms with van der Waals surface area (Å²) in [5.41, 5.74) is -0.279. The van der Waals surface area contributed by atoms with E-state index in [1.54, 1.807) is 0 Å².